The fraction of sp³-hybridized carbons (Fsp3) is 0. The highest BCUT2D eigenvalue weighted by Crippen LogP contribution is 2.42. The van der Waals surface area contributed by atoms with Crippen molar-refractivity contribution in [3.8, 4) is 22.3 Å². The fourth-order valence-electron chi connectivity index (χ4n) is 8.21. The molecule has 9 aromatic carbocycles. The summed E-state index contributed by atoms with van der Waals surface area (Å²) < 4.78 is 0. The van der Waals surface area contributed by atoms with Crippen molar-refractivity contribution in [2.45, 2.75) is 0 Å². The average Bonchev–Trinajstić information content (AvgIpc) is 3.33. The highest BCUT2D eigenvalue weighted by Gasteiger charge is 2.25. The van der Waals surface area contributed by atoms with Crippen molar-refractivity contribution in [1.82, 2.24) is 5.32 Å². The van der Waals surface area contributed by atoms with Crippen molar-refractivity contribution < 1.29 is 0 Å². The first-order valence-electron chi connectivity index (χ1n) is 20.3. The first-order chi connectivity index (χ1) is 29.7. The number of hydrogen-bond donors (Lipinski definition) is 2. The molecule has 1 aliphatic rings. The van der Waals surface area contributed by atoms with Gasteiger partial charge in [0.2, 0.25) is 0 Å². The molecule has 0 fully saturated rings. The van der Waals surface area contributed by atoms with E-state index in [0.717, 1.165) is 73.0 Å². The third kappa shape index (κ3) is 7.21. The van der Waals surface area contributed by atoms with E-state index < -0.39 is 0 Å². The van der Waals surface area contributed by atoms with Gasteiger partial charge in [-0.25, -0.2) is 0 Å². The van der Waals surface area contributed by atoms with Gasteiger partial charge < -0.3 is 10.2 Å². The van der Waals surface area contributed by atoms with Crippen LogP contribution in [0.5, 0.6) is 0 Å². The molecule has 3 heteroatoms. The molecule has 2 N–H and O–H groups in total. The van der Waals surface area contributed by atoms with E-state index in [9.17, 15) is 5.41 Å². The largest absolute Gasteiger partial charge is 0.354 e. The smallest absolute Gasteiger partial charge is 0.0711 e. The summed E-state index contributed by atoms with van der Waals surface area (Å²) >= 11 is 0. The summed E-state index contributed by atoms with van der Waals surface area (Å²) in [7, 11) is 0. The van der Waals surface area contributed by atoms with Crippen molar-refractivity contribution >= 4 is 56.6 Å². The second-order valence-electron chi connectivity index (χ2n) is 15.0. The Kier molecular flexibility index (Phi) is 9.75. The van der Waals surface area contributed by atoms with E-state index in [-0.39, 0.29) is 0 Å². The minimum atomic E-state index is 0.451. The molecule has 0 radical (unpaired) electrons. The molecule has 0 aromatic heterocycles. The van der Waals surface area contributed by atoms with Crippen LogP contribution >= 0.6 is 0 Å². The summed E-state index contributed by atoms with van der Waals surface area (Å²) in [6.45, 7) is 0. The standard InChI is InChI=1S/C57H41N3/c58-56(46-22-11-4-12-23-46)55(45-20-9-3-10-21-45)57-53-39-52(36-31-49(53)38-54(59-57)44-18-7-2-8-19-44)60(50-32-27-42(28-33-50)40-15-5-1-6-16-40)51-34-29-43(30-35-51)48-26-25-41-17-13-14-24-47(41)37-48/h1-39,58-59H/b57-55-,58-56?. The highest BCUT2D eigenvalue weighted by molar-refractivity contribution is 6.36. The maximum atomic E-state index is 9.78. The molecule has 0 unspecified atom stereocenters. The third-order valence-electron chi connectivity index (χ3n) is 11.3. The number of nitrogens with one attached hydrogen (secondary N) is 2. The predicted molar refractivity (Wildman–Crippen MR) is 253 cm³/mol. The van der Waals surface area contributed by atoms with E-state index in [1.165, 1.54) is 21.9 Å². The molecule has 3 nitrogen and oxygen atoms in total. The number of anilines is 3. The minimum absolute atomic E-state index is 0.451. The van der Waals surface area contributed by atoms with Gasteiger partial charge in [-0.3, -0.25) is 5.41 Å². The topological polar surface area (TPSA) is 39.1 Å². The van der Waals surface area contributed by atoms with Crippen LogP contribution in [0.2, 0.25) is 0 Å². The van der Waals surface area contributed by atoms with Crippen molar-refractivity contribution in [1.29, 1.82) is 5.41 Å². The molecular formula is C57H41N3. The molecule has 0 amide bonds. The lowest BCUT2D eigenvalue weighted by Crippen LogP contribution is -2.21. The van der Waals surface area contributed by atoms with Crippen LogP contribution < -0.4 is 10.2 Å². The zero-order chi connectivity index (χ0) is 40.3. The van der Waals surface area contributed by atoms with Crippen LogP contribution in [0, 0.1) is 5.41 Å². The molecule has 0 bridgehead atoms. The van der Waals surface area contributed by atoms with Gasteiger partial charge in [0.1, 0.15) is 0 Å². The fourth-order valence-corrected chi connectivity index (χ4v) is 8.21. The number of benzene rings is 9. The Hall–Kier alpha value is -8.01. The zero-order valence-corrected chi connectivity index (χ0v) is 33.0. The van der Waals surface area contributed by atoms with Gasteiger partial charge in [0.25, 0.3) is 0 Å². The van der Waals surface area contributed by atoms with E-state index in [0.29, 0.717) is 5.71 Å². The Morgan fingerprint density at radius 2 is 0.867 bits per heavy atom. The lowest BCUT2D eigenvalue weighted by molar-refractivity contribution is 1.21. The molecule has 0 aliphatic carbocycles. The maximum Gasteiger partial charge on any atom is 0.0711 e. The second kappa shape index (κ2) is 16.1. The number of nitrogens with zero attached hydrogens (tertiary/aromatic N) is 1. The number of rotatable bonds is 9. The van der Waals surface area contributed by atoms with Crippen LogP contribution in [-0.2, 0) is 0 Å². The summed E-state index contributed by atoms with van der Waals surface area (Å²) in [6, 6.07) is 80.9. The highest BCUT2D eigenvalue weighted by atomic mass is 15.1. The van der Waals surface area contributed by atoms with Gasteiger partial charge in [-0.05, 0) is 98.3 Å². The van der Waals surface area contributed by atoms with Gasteiger partial charge >= 0.3 is 0 Å². The van der Waals surface area contributed by atoms with Crippen LogP contribution in [-0.4, -0.2) is 5.71 Å². The Morgan fingerprint density at radius 1 is 0.383 bits per heavy atom. The minimum Gasteiger partial charge on any atom is -0.354 e. The summed E-state index contributed by atoms with van der Waals surface area (Å²) in [5.74, 6) is 0. The normalized spacial score (nSPS) is 12.8. The van der Waals surface area contributed by atoms with Crippen LogP contribution in [0.15, 0.2) is 231 Å². The van der Waals surface area contributed by atoms with Crippen molar-refractivity contribution in [2.24, 2.45) is 0 Å². The number of hydrogen-bond acceptors (Lipinski definition) is 3. The van der Waals surface area contributed by atoms with Crippen LogP contribution in [0.25, 0.3) is 56.1 Å². The summed E-state index contributed by atoms with van der Waals surface area (Å²) in [5, 5.41) is 16.1. The monoisotopic (exact) mass is 767 g/mol. The molecular weight excluding hydrogens is 727 g/mol. The quantitative estimate of drug-likeness (QED) is 0.144. The maximum absolute atomic E-state index is 9.78. The Labute approximate surface area is 351 Å². The molecule has 0 spiro atoms. The summed E-state index contributed by atoms with van der Waals surface area (Å²) in [6.07, 6.45) is 2.23. The number of allylic oxidation sites excluding steroid dienone is 1. The predicted octanol–water partition coefficient (Wildman–Crippen LogP) is 14.7. The van der Waals surface area contributed by atoms with Gasteiger partial charge in [0.05, 0.1) is 11.4 Å². The van der Waals surface area contributed by atoms with Crippen molar-refractivity contribution in [3.63, 3.8) is 0 Å². The Balaban J connectivity index is 1.15. The SMILES string of the molecule is N=C(/C(=C1\NC(c2ccccc2)=Cc2ccc(N(c3ccc(-c4ccccc4)cc3)c3ccc(-c4ccc5ccccc5c4)cc3)cc21)c1ccccc1)c1ccccc1. The molecule has 10 rings (SSSR count). The number of fused-ring (bicyclic) bond motifs is 2. The zero-order valence-electron chi connectivity index (χ0n) is 33.0. The molecule has 0 saturated heterocycles. The Bertz CT molecular complexity index is 3020. The summed E-state index contributed by atoms with van der Waals surface area (Å²) in [4.78, 5) is 2.33. The first-order valence-corrected chi connectivity index (χ1v) is 20.3. The van der Waals surface area contributed by atoms with E-state index >= 15 is 0 Å². The second-order valence-corrected chi connectivity index (χ2v) is 15.0. The summed E-state index contributed by atoms with van der Waals surface area (Å²) in [5.41, 5.74) is 15.9. The van der Waals surface area contributed by atoms with Gasteiger partial charge in [0.15, 0.2) is 0 Å². The van der Waals surface area contributed by atoms with E-state index in [1.54, 1.807) is 0 Å². The molecule has 60 heavy (non-hydrogen) atoms. The van der Waals surface area contributed by atoms with Gasteiger partial charge in [-0.2, -0.15) is 0 Å². The van der Waals surface area contributed by atoms with Crippen LogP contribution in [0.4, 0.5) is 17.1 Å². The average molecular weight is 768 g/mol. The lowest BCUT2D eigenvalue weighted by Gasteiger charge is -2.30. The van der Waals surface area contributed by atoms with Gasteiger partial charge in [-0.1, -0.05) is 188 Å². The van der Waals surface area contributed by atoms with E-state index in [1.807, 2.05) is 54.6 Å². The van der Waals surface area contributed by atoms with Gasteiger partial charge in [-0.15, -0.1) is 0 Å². The molecule has 9 aromatic rings. The molecule has 0 saturated carbocycles. The lowest BCUT2D eigenvalue weighted by atomic mass is 9.87. The Morgan fingerprint density at radius 3 is 1.50 bits per heavy atom. The van der Waals surface area contributed by atoms with Gasteiger partial charge in [0, 0.05) is 39.5 Å². The van der Waals surface area contributed by atoms with Crippen LogP contribution in [0.3, 0.4) is 0 Å². The van der Waals surface area contributed by atoms with E-state index in [2.05, 4.69) is 192 Å². The van der Waals surface area contributed by atoms with Crippen molar-refractivity contribution in [2.75, 3.05) is 4.90 Å². The first kappa shape index (κ1) is 36.3. The molecule has 1 heterocycles. The van der Waals surface area contributed by atoms with E-state index in [4.69, 9.17) is 0 Å². The van der Waals surface area contributed by atoms with Crippen LogP contribution in [0.1, 0.15) is 27.8 Å². The molecule has 284 valence electrons. The van der Waals surface area contributed by atoms with Crippen molar-refractivity contribution in [3.05, 3.63) is 258 Å². The molecule has 1 aliphatic heterocycles. The molecule has 0 atom stereocenters. The third-order valence-corrected chi connectivity index (χ3v) is 11.3.